The maximum absolute atomic E-state index is 11.3. The molecule has 1 aromatic carbocycles. The van der Waals surface area contributed by atoms with E-state index >= 15 is 0 Å². The van der Waals surface area contributed by atoms with Crippen molar-refractivity contribution in [2.24, 2.45) is 0 Å². The van der Waals surface area contributed by atoms with Gasteiger partial charge in [-0.2, -0.15) is 0 Å². The number of aromatic nitrogens is 2. The van der Waals surface area contributed by atoms with Crippen molar-refractivity contribution in [3.63, 3.8) is 0 Å². The topological polar surface area (TPSA) is 74.0 Å². The van der Waals surface area contributed by atoms with E-state index in [0.29, 0.717) is 4.91 Å². The first-order valence-corrected chi connectivity index (χ1v) is 5.94. The summed E-state index contributed by atoms with van der Waals surface area (Å²) >= 11 is 0.844. The Labute approximate surface area is 155 Å². The van der Waals surface area contributed by atoms with Crippen LogP contribution in [0.5, 0.6) is 0 Å². The number of hydrogen-bond donors (Lipinski definition) is 0. The number of imide groups is 1. The van der Waals surface area contributed by atoms with E-state index in [0.717, 1.165) is 28.4 Å². The van der Waals surface area contributed by atoms with Crippen LogP contribution in [0, 0.1) is 0 Å². The molecule has 2 aromatic rings. The normalized spacial score (nSPS) is 16.5. The van der Waals surface area contributed by atoms with E-state index < -0.39 is 11.1 Å². The van der Waals surface area contributed by atoms with Crippen LogP contribution in [0.4, 0.5) is 4.79 Å². The van der Waals surface area contributed by atoms with Gasteiger partial charge in [-0.3, -0.25) is 9.97 Å². The summed E-state index contributed by atoms with van der Waals surface area (Å²) in [6.07, 6.45) is 4.86. The van der Waals surface area contributed by atoms with Gasteiger partial charge in [0.2, 0.25) is 0 Å². The molecule has 1 aliphatic rings. The van der Waals surface area contributed by atoms with E-state index in [2.05, 4.69) is 15.3 Å². The quantitative estimate of drug-likeness (QED) is 0.535. The van der Waals surface area contributed by atoms with Crippen LogP contribution < -0.4 is 51.4 Å². The molecule has 5 nitrogen and oxygen atoms in total. The SMILES string of the molecule is O=C1[N-]C(=O)/C(=C/c2ccc3nccnc3c2)S1.[K+]. The first kappa shape index (κ1) is 14.8. The molecule has 2 amide bonds. The zero-order chi connectivity index (χ0) is 12.5. The number of fused-ring (bicyclic) bond motifs is 1. The van der Waals surface area contributed by atoms with E-state index in [1.54, 1.807) is 18.5 Å². The minimum atomic E-state index is -0.482. The van der Waals surface area contributed by atoms with Gasteiger partial charge < -0.3 is 14.9 Å². The second-order valence-corrected chi connectivity index (χ2v) is 4.59. The number of benzene rings is 1. The largest absolute Gasteiger partial charge is 1.00 e. The van der Waals surface area contributed by atoms with Gasteiger partial charge in [0.05, 0.1) is 16.9 Å². The summed E-state index contributed by atoms with van der Waals surface area (Å²) in [7, 11) is 0. The predicted molar refractivity (Wildman–Crippen MR) is 68.9 cm³/mol. The summed E-state index contributed by atoms with van der Waals surface area (Å²) in [5, 5.41) is 2.85. The van der Waals surface area contributed by atoms with Crippen LogP contribution >= 0.6 is 11.8 Å². The molecule has 0 unspecified atom stereocenters. The third kappa shape index (κ3) is 3.30. The van der Waals surface area contributed by atoms with Gasteiger partial charge in [0.1, 0.15) is 5.24 Å². The van der Waals surface area contributed by atoms with Crippen LogP contribution in [0.3, 0.4) is 0 Å². The second-order valence-electron chi connectivity index (χ2n) is 3.60. The van der Waals surface area contributed by atoms with Crippen molar-refractivity contribution in [2.75, 3.05) is 0 Å². The van der Waals surface area contributed by atoms with Gasteiger partial charge in [-0.15, -0.1) is 0 Å². The smallest absolute Gasteiger partial charge is 0.581 e. The van der Waals surface area contributed by atoms with Crippen molar-refractivity contribution >= 4 is 40.0 Å². The number of rotatable bonds is 1. The Morgan fingerprint density at radius 1 is 1.11 bits per heavy atom. The second kappa shape index (κ2) is 6.25. The number of carbonyl (C=O) groups is 2. The standard InChI is InChI=1S/C12H7N3O2S.K/c16-11-10(18-12(17)15-11)6-7-1-2-8-9(5-7)14-4-3-13-8;/h1-6H,(H,15,16,17);/q;+1/p-1/b10-6-;. The van der Waals surface area contributed by atoms with Gasteiger partial charge in [0.25, 0.3) is 0 Å². The van der Waals surface area contributed by atoms with Crippen LogP contribution in [0.15, 0.2) is 35.5 Å². The average Bonchev–Trinajstić information content (AvgIpc) is 2.68. The molecule has 1 saturated heterocycles. The average molecular weight is 295 g/mol. The third-order valence-corrected chi connectivity index (χ3v) is 3.17. The summed E-state index contributed by atoms with van der Waals surface area (Å²) in [5.74, 6) is -0.482. The Bertz CT molecular complexity index is 702. The van der Waals surface area contributed by atoms with E-state index in [4.69, 9.17) is 0 Å². The molecule has 0 radical (unpaired) electrons. The van der Waals surface area contributed by atoms with Crippen LogP contribution in [-0.4, -0.2) is 21.1 Å². The molecule has 0 spiro atoms. The van der Waals surface area contributed by atoms with Crippen molar-refractivity contribution in [3.05, 3.63) is 46.4 Å². The first-order valence-electron chi connectivity index (χ1n) is 5.13. The molecular weight excluding hydrogens is 289 g/mol. The molecule has 3 rings (SSSR count). The zero-order valence-electron chi connectivity index (χ0n) is 10.0. The van der Waals surface area contributed by atoms with Gasteiger partial charge >= 0.3 is 51.4 Å². The van der Waals surface area contributed by atoms with Gasteiger partial charge in [0.15, 0.2) is 0 Å². The first-order chi connectivity index (χ1) is 8.72. The van der Waals surface area contributed by atoms with Crippen LogP contribution in [0.1, 0.15) is 5.56 Å². The predicted octanol–water partition coefficient (Wildman–Crippen LogP) is -0.258. The minimum absolute atomic E-state index is 0. The fourth-order valence-corrected chi connectivity index (χ4v) is 2.26. The molecule has 19 heavy (non-hydrogen) atoms. The Kier molecular flexibility index (Phi) is 4.88. The van der Waals surface area contributed by atoms with Gasteiger partial charge in [-0.05, 0) is 23.8 Å². The molecule has 0 bridgehead atoms. The van der Waals surface area contributed by atoms with Crippen LogP contribution in [-0.2, 0) is 4.79 Å². The number of nitrogens with zero attached hydrogens (tertiary/aromatic N) is 3. The van der Waals surface area contributed by atoms with Crippen molar-refractivity contribution in [2.45, 2.75) is 0 Å². The number of carbonyl (C=O) groups excluding carboxylic acids is 2. The van der Waals surface area contributed by atoms with E-state index in [9.17, 15) is 9.59 Å². The maximum atomic E-state index is 11.3. The van der Waals surface area contributed by atoms with E-state index in [1.165, 1.54) is 0 Å². The molecule has 0 aliphatic carbocycles. The number of thioether (sulfide) groups is 1. The minimum Gasteiger partial charge on any atom is -0.581 e. The Hall–Kier alpha value is -0.574. The summed E-state index contributed by atoms with van der Waals surface area (Å²) in [6, 6.07) is 5.45. The van der Waals surface area contributed by atoms with Crippen LogP contribution in [0.25, 0.3) is 22.4 Å². The van der Waals surface area contributed by atoms with Crippen molar-refractivity contribution in [3.8, 4) is 0 Å². The summed E-state index contributed by atoms with van der Waals surface area (Å²) in [4.78, 5) is 31.0. The fraction of sp³-hybridized carbons (Fsp3) is 0. The summed E-state index contributed by atoms with van der Waals surface area (Å²) in [5.41, 5.74) is 2.32. The number of hydrogen-bond acceptors (Lipinski definition) is 5. The van der Waals surface area contributed by atoms with E-state index in [-0.39, 0.29) is 51.4 Å². The molecule has 0 atom stereocenters. The Morgan fingerprint density at radius 2 is 1.84 bits per heavy atom. The third-order valence-electron chi connectivity index (χ3n) is 2.39. The van der Waals surface area contributed by atoms with Crippen molar-refractivity contribution < 1.29 is 61.0 Å². The molecule has 88 valence electrons. The molecule has 1 aliphatic heterocycles. The molecule has 0 N–H and O–H groups in total. The van der Waals surface area contributed by atoms with Gasteiger partial charge in [0, 0.05) is 17.3 Å². The molecule has 0 saturated carbocycles. The van der Waals surface area contributed by atoms with Gasteiger partial charge in [-0.1, -0.05) is 17.8 Å². The fourth-order valence-electron chi connectivity index (χ4n) is 1.61. The zero-order valence-corrected chi connectivity index (χ0v) is 14.0. The van der Waals surface area contributed by atoms with E-state index in [1.807, 2.05) is 18.2 Å². The van der Waals surface area contributed by atoms with Gasteiger partial charge in [-0.25, -0.2) is 0 Å². The monoisotopic (exact) mass is 295 g/mol. The molecule has 2 heterocycles. The van der Waals surface area contributed by atoms with Crippen LogP contribution in [0.2, 0.25) is 0 Å². The molecular formula is C12H6KN3O2S. The molecule has 1 fully saturated rings. The molecule has 7 heteroatoms. The Balaban J connectivity index is 0.00000133. The Morgan fingerprint density at radius 3 is 2.53 bits per heavy atom. The number of amides is 2. The molecule has 1 aromatic heterocycles. The van der Waals surface area contributed by atoms with Crippen molar-refractivity contribution in [1.29, 1.82) is 0 Å². The summed E-state index contributed by atoms with van der Waals surface area (Å²) < 4.78 is 0. The summed E-state index contributed by atoms with van der Waals surface area (Å²) in [6.45, 7) is 0. The maximum Gasteiger partial charge on any atom is 1.00 e. The van der Waals surface area contributed by atoms with Crippen molar-refractivity contribution in [1.82, 2.24) is 9.97 Å².